The van der Waals surface area contributed by atoms with Gasteiger partial charge in [0.05, 0.1) is 7.11 Å². The third kappa shape index (κ3) is 4.73. The summed E-state index contributed by atoms with van der Waals surface area (Å²) in [5, 5.41) is 6.43. The number of ether oxygens (including phenoxy) is 1. The topological polar surface area (TPSA) is 70.7 Å². The van der Waals surface area contributed by atoms with Gasteiger partial charge >= 0.3 is 0 Å². The predicted octanol–water partition coefficient (Wildman–Crippen LogP) is 2.79. The number of nitrogens with one attached hydrogen (secondary N) is 2. The second-order valence-corrected chi connectivity index (χ2v) is 8.65. The van der Waals surface area contributed by atoms with E-state index in [4.69, 9.17) is 4.74 Å². The first-order valence-corrected chi connectivity index (χ1v) is 9.81. The summed E-state index contributed by atoms with van der Waals surface area (Å²) in [5.74, 6) is 0.721. The van der Waals surface area contributed by atoms with Gasteiger partial charge in [0.15, 0.2) is 0 Å². The normalized spacial score (nSPS) is 20.9. The Labute approximate surface area is 161 Å². The largest absolute Gasteiger partial charge is 0.497 e. The number of hydrogen-bond acceptors (Lipinski definition) is 4. The number of likely N-dealkylation sites (tertiary alicyclic amines) is 1. The van der Waals surface area contributed by atoms with Crippen LogP contribution in [0.4, 0.5) is 5.69 Å². The molecule has 3 rings (SSSR count). The number of amides is 2. The average Bonchev–Trinajstić information content (AvgIpc) is 3.29. The van der Waals surface area contributed by atoms with E-state index in [1.807, 2.05) is 45.0 Å². The van der Waals surface area contributed by atoms with Gasteiger partial charge in [0.25, 0.3) is 0 Å². The minimum Gasteiger partial charge on any atom is -0.497 e. The summed E-state index contributed by atoms with van der Waals surface area (Å²) >= 11 is 0. The Morgan fingerprint density at radius 2 is 1.96 bits per heavy atom. The molecule has 2 fully saturated rings. The smallest absolute Gasteiger partial charge is 0.246 e. The fraction of sp³-hybridized carbons (Fsp3) is 0.619. The second kappa shape index (κ2) is 7.79. The molecule has 1 saturated heterocycles. The fourth-order valence-corrected chi connectivity index (χ4v) is 3.52. The first-order chi connectivity index (χ1) is 12.8. The van der Waals surface area contributed by atoms with E-state index in [2.05, 4.69) is 10.6 Å². The van der Waals surface area contributed by atoms with Crippen molar-refractivity contribution in [3.05, 3.63) is 24.3 Å². The van der Waals surface area contributed by atoms with Crippen molar-refractivity contribution in [2.24, 2.45) is 5.41 Å². The monoisotopic (exact) mass is 373 g/mol. The van der Waals surface area contributed by atoms with Crippen molar-refractivity contribution in [3.8, 4) is 5.75 Å². The van der Waals surface area contributed by atoms with Crippen molar-refractivity contribution in [1.29, 1.82) is 0 Å². The number of rotatable bonds is 6. The molecule has 1 aromatic rings. The van der Waals surface area contributed by atoms with E-state index < -0.39 is 6.04 Å². The maximum atomic E-state index is 13.4. The lowest BCUT2D eigenvalue weighted by molar-refractivity contribution is -0.140. The number of anilines is 1. The Kier molecular flexibility index (Phi) is 5.63. The zero-order valence-corrected chi connectivity index (χ0v) is 16.7. The average molecular weight is 373 g/mol. The Morgan fingerprint density at radius 3 is 2.59 bits per heavy atom. The molecule has 148 valence electrons. The van der Waals surface area contributed by atoms with Gasteiger partial charge in [-0.3, -0.25) is 9.59 Å². The molecule has 0 bridgehead atoms. The lowest BCUT2D eigenvalue weighted by Gasteiger charge is -2.36. The molecule has 1 saturated carbocycles. The highest BCUT2D eigenvalue weighted by Crippen LogP contribution is 2.30. The van der Waals surface area contributed by atoms with Crippen molar-refractivity contribution in [2.45, 2.75) is 64.6 Å². The van der Waals surface area contributed by atoms with Gasteiger partial charge in [-0.2, -0.15) is 0 Å². The minimum absolute atomic E-state index is 0.00242. The molecule has 2 aliphatic rings. The van der Waals surface area contributed by atoms with Gasteiger partial charge in [-0.25, -0.2) is 0 Å². The Balaban J connectivity index is 1.77. The van der Waals surface area contributed by atoms with Gasteiger partial charge in [-0.1, -0.05) is 26.8 Å². The van der Waals surface area contributed by atoms with Crippen molar-refractivity contribution in [2.75, 3.05) is 19.0 Å². The Morgan fingerprint density at radius 1 is 1.22 bits per heavy atom. The lowest BCUT2D eigenvalue weighted by Crippen LogP contribution is -2.54. The maximum absolute atomic E-state index is 13.4. The molecule has 0 radical (unpaired) electrons. The molecule has 1 aliphatic heterocycles. The molecular formula is C21H31N3O3. The number of nitrogens with zero attached hydrogens (tertiary/aromatic N) is 1. The fourth-order valence-electron chi connectivity index (χ4n) is 3.52. The molecule has 2 amide bonds. The van der Waals surface area contributed by atoms with E-state index in [0.29, 0.717) is 12.6 Å². The van der Waals surface area contributed by atoms with Crippen LogP contribution in [0.25, 0.3) is 0 Å². The quantitative estimate of drug-likeness (QED) is 0.804. The van der Waals surface area contributed by atoms with Crippen molar-refractivity contribution >= 4 is 17.5 Å². The van der Waals surface area contributed by atoms with Crippen LogP contribution < -0.4 is 15.4 Å². The lowest BCUT2D eigenvalue weighted by atomic mass is 9.85. The van der Waals surface area contributed by atoms with Crippen LogP contribution in [0.3, 0.4) is 0 Å². The number of carbonyl (C=O) groups is 2. The van der Waals surface area contributed by atoms with Gasteiger partial charge < -0.3 is 20.3 Å². The summed E-state index contributed by atoms with van der Waals surface area (Å²) in [4.78, 5) is 27.8. The predicted molar refractivity (Wildman–Crippen MR) is 106 cm³/mol. The van der Waals surface area contributed by atoms with Crippen LogP contribution in [-0.4, -0.2) is 48.5 Å². The summed E-state index contributed by atoms with van der Waals surface area (Å²) in [6, 6.07) is 7.10. The number of methoxy groups -OCH3 is 1. The molecule has 1 heterocycles. The van der Waals surface area contributed by atoms with Gasteiger partial charge in [-0.05, 0) is 43.2 Å². The minimum atomic E-state index is -0.432. The molecular weight excluding hydrogens is 342 g/mol. The Bertz CT molecular complexity index is 694. The standard InChI is InChI=1S/C21H31N3O3/c1-21(2,3)18(22-15-7-5-8-16(13-15)27-4)20(26)24-12-6-9-17(24)19(25)23-14-10-11-14/h5,7-8,13-14,17-18,22H,6,9-12H2,1-4H3,(H,23,25)/t17-,18?/m0/s1. The summed E-state index contributed by atoms with van der Waals surface area (Å²) in [6.45, 7) is 6.75. The van der Waals surface area contributed by atoms with Crippen LogP contribution in [0, 0.1) is 5.41 Å². The van der Waals surface area contributed by atoms with Crippen molar-refractivity contribution in [3.63, 3.8) is 0 Å². The zero-order valence-electron chi connectivity index (χ0n) is 16.7. The highest BCUT2D eigenvalue weighted by atomic mass is 16.5. The van der Waals surface area contributed by atoms with Gasteiger partial charge in [-0.15, -0.1) is 0 Å². The molecule has 1 unspecified atom stereocenters. The third-order valence-corrected chi connectivity index (χ3v) is 5.26. The third-order valence-electron chi connectivity index (χ3n) is 5.26. The molecule has 1 aromatic carbocycles. The maximum Gasteiger partial charge on any atom is 0.246 e. The van der Waals surface area contributed by atoms with Crippen molar-refractivity contribution < 1.29 is 14.3 Å². The van der Waals surface area contributed by atoms with E-state index in [9.17, 15) is 9.59 Å². The second-order valence-electron chi connectivity index (χ2n) is 8.65. The Hall–Kier alpha value is -2.24. The summed E-state index contributed by atoms with van der Waals surface area (Å²) in [6.07, 6.45) is 3.70. The van der Waals surface area contributed by atoms with E-state index in [-0.39, 0.29) is 23.3 Å². The van der Waals surface area contributed by atoms with E-state index in [1.54, 1.807) is 12.0 Å². The van der Waals surface area contributed by atoms with Crippen LogP contribution >= 0.6 is 0 Å². The van der Waals surface area contributed by atoms with E-state index in [0.717, 1.165) is 37.1 Å². The first-order valence-electron chi connectivity index (χ1n) is 9.81. The molecule has 6 nitrogen and oxygen atoms in total. The molecule has 2 N–H and O–H groups in total. The summed E-state index contributed by atoms with van der Waals surface area (Å²) < 4.78 is 5.29. The molecule has 0 aromatic heterocycles. The molecule has 2 atom stereocenters. The number of carbonyl (C=O) groups excluding carboxylic acids is 2. The molecule has 6 heteroatoms. The van der Waals surface area contributed by atoms with Gasteiger partial charge in [0, 0.05) is 24.3 Å². The van der Waals surface area contributed by atoms with Crippen LogP contribution in [0.1, 0.15) is 46.5 Å². The number of hydrogen-bond donors (Lipinski definition) is 2. The van der Waals surface area contributed by atoms with Gasteiger partial charge in [0.1, 0.15) is 17.8 Å². The summed E-state index contributed by atoms with van der Waals surface area (Å²) in [7, 11) is 1.62. The zero-order chi connectivity index (χ0) is 19.6. The van der Waals surface area contributed by atoms with Crippen LogP contribution in [-0.2, 0) is 9.59 Å². The highest BCUT2D eigenvalue weighted by molar-refractivity contribution is 5.92. The van der Waals surface area contributed by atoms with Gasteiger partial charge in [0.2, 0.25) is 11.8 Å². The van der Waals surface area contributed by atoms with Crippen LogP contribution in [0.2, 0.25) is 0 Å². The highest BCUT2D eigenvalue weighted by Gasteiger charge is 2.42. The SMILES string of the molecule is COc1cccc(NC(C(=O)N2CCC[C@H]2C(=O)NC2CC2)C(C)(C)C)c1. The van der Waals surface area contributed by atoms with Crippen molar-refractivity contribution in [1.82, 2.24) is 10.2 Å². The molecule has 27 heavy (non-hydrogen) atoms. The molecule has 1 aliphatic carbocycles. The van der Waals surface area contributed by atoms with Crippen LogP contribution in [0.15, 0.2) is 24.3 Å². The first kappa shape index (κ1) is 19.5. The van der Waals surface area contributed by atoms with Crippen LogP contribution in [0.5, 0.6) is 5.75 Å². The summed E-state index contributed by atoms with van der Waals surface area (Å²) in [5.41, 5.74) is 0.529. The molecule has 0 spiro atoms. The van der Waals surface area contributed by atoms with E-state index in [1.165, 1.54) is 0 Å². The number of benzene rings is 1. The van der Waals surface area contributed by atoms with E-state index >= 15 is 0 Å².